The van der Waals surface area contributed by atoms with Gasteiger partial charge < -0.3 is 14.4 Å². The zero-order valence-electron chi connectivity index (χ0n) is 11.4. The van der Waals surface area contributed by atoms with Gasteiger partial charge in [0, 0.05) is 20.2 Å². The van der Waals surface area contributed by atoms with Crippen LogP contribution >= 0.6 is 0 Å². The van der Waals surface area contributed by atoms with Crippen molar-refractivity contribution in [2.45, 2.75) is 45.8 Å². The predicted octanol–water partition coefficient (Wildman–Crippen LogP) is 1.68. The van der Waals surface area contributed by atoms with Crippen molar-refractivity contribution in [3.05, 3.63) is 0 Å². The summed E-state index contributed by atoms with van der Waals surface area (Å²) in [6, 6.07) is 0. The molecule has 4 nitrogen and oxygen atoms in total. The molecule has 0 radical (unpaired) electrons. The molecule has 1 rings (SSSR count). The highest BCUT2D eigenvalue weighted by atomic mass is 16.5. The maximum atomic E-state index is 11.9. The van der Waals surface area contributed by atoms with Crippen molar-refractivity contribution in [3.63, 3.8) is 0 Å². The highest BCUT2D eigenvalue weighted by Crippen LogP contribution is 2.19. The standard InChI is InChI=1S/C13H25NO3/c1-5-11(3)17-9-13(15)14-7-6-10(2)12(8-14)16-4/h10-12H,5-9H2,1-4H3/t10-,11-,12-/m0/s1. The third-order valence-electron chi connectivity index (χ3n) is 3.61. The van der Waals surface area contributed by atoms with E-state index in [1.165, 1.54) is 0 Å². The van der Waals surface area contributed by atoms with Gasteiger partial charge in [0.05, 0.1) is 12.2 Å². The van der Waals surface area contributed by atoms with E-state index >= 15 is 0 Å². The van der Waals surface area contributed by atoms with E-state index in [4.69, 9.17) is 9.47 Å². The first-order valence-electron chi connectivity index (χ1n) is 6.50. The van der Waals surface area contributed by atoms with Crippen molar-refractivity contribution in [1.29, 1.82) is 0 Å². The number of methoxy groups -OCH3 is 1. The van der Waals surface area contributed by atoms with Gasteiger partial charge in [0.25, 0.3) is 0 Å². The van der Waals surface area contributed by atoms with E-state index in [0.29, 0.717) is 12.5 Å². The van der Waals surface area contributed by atoms with E-state index in [1.54, 1.807) is 7.11 Å². The summed E-state index contributed by atoms with van der Waals surface area (Å²) in [7, 11) is 1.71. The molecule has 0 N–H and O–H groups in total. The van der Waals surface area contributed by atoms with Crippen LogP contribution < -0.4 is 0 Å². The minimum absolute atomic E-state index is 0.0826. The molecule has 0 aromatic carbocycles. The van der Waals surface area contributed by atoms with Gasteiger partial charge in [0.1, 0.15) is 6.61 Å². The first-order chi connectivity index (χ1) is 8.08. The maximum Gasteiger partial charge on any atom is 0.248 e. The summed E-state index contributed by atoms with van der Waals surface area (Å²) in [5, 5.41) is 0. The zero-order chi connectivity index (χ0) is 12.8. The van der Waals surface area contributed by atoms with Crippen LogP contribution in [0, 0.1) is 5.92 Å². The Labute approximate surface area is 104 Å². The molecule has 3 atom stereocenters. The van der Waals surface area contributed by atoms with Crippen LogP contribution in [0.5, 0.6) is 0 Å². The van der Waals surface area contributed by atoms with Crippen LogP contribution in [0.15, 0.2) is 0 Å². The number of nitrogens with zero attached hydrogens (tertiary/aromatic N) is 1. The molecule has 1 aliphatic rings. The second-order valence-corrected chi connectivity index (χ2v) is 4.91. The fraction of sp³-hybridized carbons (Fsp3) is 0.923. The number of hydrogen-bond donors (Lipinski definition) is 0. The fourth-order valence-corrected chi connectivity index (χ4v) is 1.99. The van der Waals surface area contributed by atoms with Gasteiger partial charge in [-0.25, -0.2) is 0 Å². The molecule has 0 saturated carbocycles. The molecular formula is C13H25NO3. The summed E-state index contributed by atoms with van der Waals surface area (Å²) in [5.41, 5.74) is 0. The van der Waals surface area contributed by atoms with Crippen molar-refractivity contribution < 1.29 is 14.3 Å². The molecule has 0 bridgehead atoms. The second-order valence-electron chi connectivity index (χ2n) is 4.91. The molecule has 1 amide bonds. The summed E-state index contributed by atoms with van der Waals surface area (Å²) < 4.78 is 10.9. The van der Waals surface area contributed by atoms with Crippen molar-refractivity contribution in [3.8, 4) is 0 Å². The molecule has 0 aromatic heterocycles. The molecule has 4 heteroatoms. The van der Waals surface area contributed by atoms with Gasteiger partial charge in [-0.2, -0.15) is 0 Å². The highest BCUT2D eigenvalue weighted by molar-refractivity contribution is 5.77. The highest BCUT2D eigenvalue weighted by Gasteiger charge is 2.28. The fourth-order valence-electron chi connectivity index (χ4n) is 1.99. The SMILES string of the molecule is CC[C@H](C)OCC(=O)N1CC[C@H](C)[C@@H](OC)C1. The molecular weight excluding hydrogens is 218 g/mol. The lowest BCUT2D eigenvalue weighted by atomic mass is 9.96. The van der Waals surface area contributed by atoms with Crippen LogP contribution in [0.2, 0.25) is 0 Å². The number of hydrogen-bond acceptors (Lipinski definition) is 3. The Bertz CT molecular complexity index is 245. The number of piperidine rings is 1. The summed E-state index contributed by atoms with van der Waals surface area (Å²) in [6.45, 7) is 7.93. The van der Waals surface area contributed by atoms with Crippen LogP contribution in [-0.4, -0.2) is 49.8 Å². The zero-order valence-corrected chi connectivity index (χ0v) is 11.4. The van der Waals surface area contributed by atoms with Gasteiger partial charge in [0.2, 0.25) is 5.91 Å². The number of likely N-dealkylation sites (tertiary alicyclic amines) is 1. The number of amides is 1. The number of carbonyl (C=O) groups is 1. The summed E-state index contributed by atoms with van der Waals surface area (Å²) in [4.78, 5) is 13.8. The summed E-state index contributed by atoms with van der Waals surface area (Å²) in [5.74, 6) is 0.610. The second kappa shape index (κ2) is 6.97. The molecule has 0 unspecified atom stereocenters. The van der Waals surface area contributed by atoms with E-state index in [9.17, 15) is 4.79 Å². The Hall–Kier alpha value is -0.610. The Morgan fingerprint density at radius 3 is 2.82 bits per heavy atom. The molecule has 1 saturated heterocycles. The monoisotopic (exact) mass is 243 g/mol. The lowest BCUT2D eigenvalue weighted by Crippen LogP contribution is -2.48. The van der Waals surface area contributed by atoms with E-state index in [1.807, 2.05) is 11.8 Å². The quantitative estimate of drug-likeness (QED) is 0.737. The van der Waals surface area contributed by atoms with E-state index in [-0.39, 0.29) is 24.7 Å². The Kier molecular flexibility index (Phi) is 5.92. The summed E-state index contributed by atoms with van der Waals surface area (Å²) >= 11 is 0. The van der Waals surface area contributed by atoms with Gasteiger partial charge in [0.15, 0.2) is 0 Å². The van der Waals surface area contributed by atoms with E-state index < -0.39 is 0 Å². The van der Waals surface area contributed by atoms with Gasteiger partial charge in [-0.15, -0.1) is 0 Å². The van der Waals surface area contributed by atoms with Crippen LogP contribution in [0.3, 0.4) is 0 Å². The van der Waals surface area contributed by atoms with Gasteiger partial charge in [-0.1, -0.05) is 13.8 Å². The molecule has 17 heavy (non-hydrogen) atoms. The average Bonchev–Trinajstić information content (AvgIpc) is 2.35. The minimum atomic E-state index is 0.0826. The lowest BCUT2D eigenvalue weighted by molar-refractivity contribution is -0.142. The average molecular weight is 243 g/mol. The van der Waals surface area contributed by atoms with E-state index in [2.05, 4.69) is 13.8 Å². The van der Waals surface area contributed by atoms with Gasteiger partial charge >= 0.3 is 0 Å². The number of rotatable bonds is 5. The van der Waals surface area contributed by atoms with Crippen LogP contribution in [-0.2, 0) is 14.3 Å². The Morgan fingerprint density at radius 2 is 2.24 bits per heavy atom. The normalized spacial score (nSPS) is 26.9. The molecule has 0 aliphatic carbocycles. The van der Waals surface area contributed by atoms with Gasteiger partial charge in [-0.3, -0.25) is 4.79 Å². The van der Waals surface area contributed by atoms with E-state index in [0.717, 1.165) is 19.4 Å². The summed E-state index contributed by atoms with van der Waals surface area (Å²) in [6.07, 6.45) is 2.26. The third-order valence-corrected chi connectivity index (χ3v) is 3.61. The number of carbonyl (C=O) groups excluding carboxylic acids is 1. The minimum Gasteiger partial charge on any atom is -0.379 e. The first-order valence-corrected chi connectivity index (χ1v) is 6.50. The molecule has 1 heterocycles. The van der Waals surface area contributed by atoms with Gasteiger partial charge in [-0.05, 0) is 25.7 Å². The lowest BCUT2D eigenvalue weighted by Gasteiger charge is -2.36. The largest absolute Gasteiger partial charge is 0.379 e. The number of ether oxygens (including phenoxy) is 2. The molecule has 100 valence electrons. The smallest absolute Gasteiger partial charge is 0.248 e. The van der Waals surface area contributed by atoms with Crippen molar-refractivity contribution in [2.75, 3.05) is 26.8 Å². The third kappa shape index (κ3) is 4.28. The van der Waals surface area contributed by atoms with Crippen molar-refractivity contribution in [2.24, 2.45) is 5.92 Å². The van der Waals surface area contributed by atoms with Crippen molar-refractivity contribution >= 4 is 5.91 Å². The molecule has 0 aromatic rings. The van der Waals surface area contributed by atoms with Crippen LogP contribution in [0.4, 0.5) is 0 Å². The van der Waals surface area contributed by atoms with Crippen LogP contribution in [0.25, 0.3) is 0 Å². The molecule has 0 spiro atoms. The molecule has 1 fully saturated rings. The van der Waals surface area contributed by atoms with Crippen molar-refractivity contribution in [1.82, 2.24) is 4.90 Å². The first kappa shape index (κ1) is 14.5. The molecule has 1 aliphatic heterocycles. The topological polar surface area (TPSA) is 38.8 Å². The van der Waals surface area contributed by atoms with Crippen LogP contribution in [0.1, 0.15) is 33.6 Å². The maximum absolute atomic E-state index is 11.9. The Morgan fingerprint density at radius 1 is 1.53 bits per heavy atom. The predicted molar refractivity (Wildman–Crippen MR) is 66.9 cm³/mol. The Balaban J connectivity index is 2.37.